The maximum Gasteiger partial charge on any atom is 0.261 e. The van der Waals surface area contributed by atoms with E-state index in [1.807, 2.05) is 42.5 Å². The lowest BCUT2D eigenvalue weighted by Gasteiger charge is -2.10. The van der Waals surface area contributed by atoms with Gasteiger partial charge in [-0.25, -0.2) is 8.42 Å². The first-order valence-electron chi connectivity index (χ1n) is 7.45. The fourth-order valence-electron chi connectivity index (χ4n) is 2.35. The molecule has 0 aliphatic carbocycles. The van der Waals surface area contributed by atoms with Gasteiger partial charge in [-0.1, -0.05) is 54.6 Å². The predicted octanol–water partition coefficient (Wildman–Crippen LogP) is 2.52. The molecule has 126 valence electrons. The quantitative estimate of drug-likeness (QED) is 0.764. The fourth-order valence-corrected chi connectivity index (χ4v) is 3.40. The van der Waals surface area contributed by atoms with Gasteiger partial charge < -0.3 is 9.90 Å². The van der Waals surface area contributed by atoms with E-state index in [9.17, 15) is 18.3 Å². The van der Waals surface area contributed by atoms with Crippen molar-refractivity contribution in [2.75, 3.05) is 4.72 Å². The highest BCUT2D eigenvalue weighted by Gasteiger charge is 2.14. The summed E-state index contributed by atoms with van der Waals surface area (Å²) in [6.45, 7) is 0. The standard InChI is InChI=1S/C19H15NO4S/c21-19(22)16-8-12-18(13-9-16)25(23,24)20-17-10-6-15(7-11-17)14-4-2-1-3-5-14/h1-13,20H,(H,21,22)/p-1. The summed E-state index contributed by atoms with van der Waals surface area (Å²) in [6, 6.07) is 21.6. The maximum atomic E-state index is 12.4. The summed E-state index contributed by atoms with van der Waals surface area (Å²) in [5.41, 5.74) is 2.35. The van der Waals surface area contributed by atoms with E-state index in [-0.39, 0.29) is 10.5 Å². The first-order valence-corrected chi connectivity index (χ1v) is 8.94. The first kappa shape index (κ1) is 16.7. The van der Waals surface area contributed by atoms with Crippen LogP contribution in [0.5, 0.6) is 0 Å². The highest BCUT2D eigenvalue weighted by Crippen LogP contribution is 2.22. The van der Waals surface area contributed by atoms with Crippen molar-refractivity contribution in [2.45, 2.75) is 4.90 Å². The minimum atomic E-state index is -3.80. The summed E-state index contributed by atoms with van der Waals surface area (Å²) >= 11 is 0. The number of sulfonamides is 1. The van der Waals surface area contributed by atoms with Crippen LogP contribution in [0.4, 0.5) is 5.69 Å². The fraction of sp³-hybridized carbons (Fsp3) is 0. The Balaban J connectivity index is 1.80. The monoisotopic (exact) mass is 352 g/mol. The molecule has 3 rings (SSSR count). The number of carbonyl (C=O) groups is 1. The molecule has 6 heteroatoms. The number of rotatable bonds is 5. The molecule has 0 bridgehead atoms. The first-order chi connectivity index (χ1) is 12.0. The van der Waals surface area contributed by atoms with Gasteiger partial charge in [-0.2, -0.15) is 0 Å². The Morgan fingerprint density at radius 1 is 0.760 bits per heavy atom. The van der Waals surface area contributed by atoms with Crippen LogP contribution in [0, 0.1) is 0 Å². The molecule has 0 heterocycles. The molecule has 3 aromatic carbocycles. The van der Waals surface area contributed by atoms with Crippen molar-refractivity contribution in [3.8, 4) is 11.1 Å². The van der Waals surface area contributed by atoms with Gasteiger partial charge in [0.25, 0.3) is 10.0 Å². The van der Waals surface area contributed by atoms with Crippen LogP contribution in [0.25, 0.3) is 11.1 Å². The van der Waals surface area contributed by atoms with E-state index in [4.69, 9.17) is 0 Å². The summed E-state index contributed by atoms with van der Waals surface area (Å²) in [4.78, 5) is 10.7. The van der Waals surface area contributed by atoms with Gasteiger partial charge in [0.05, 0.1) is 10.9 Å². The number of hydrogen-bond donors (Lipinski definition) is 1. The number of carboxylic acids is 1. The molecule has 1 N–H and O–H groups in total. The largest absolute Gasteiger partial charge is 0.545 e. The lowest BCUT2D eigenvalue weighted by Crippen LogP contribution is -2.22. The molecule has 0 fully saturated rings. The van der Waals surface area contributed by atoms with Gasteiger partial charge in [0.2, 0.25) is 0 Å². The maximum absolute atomic E-state index is 12.4. The SMILES string of the molecule is O=C([O-])c1ccc(S(=O)(=O)Nc2ccc(-c3ccccc3)cc2)cc1. The van der Waals surface area contributed by atoms with Crippen LogP contribution >= 0.6 is 0 Å². The Hall–Kier alpha value is -3.12. The summed E-state index contributed by atoms with van der Waals surface area (Å²) in [5, 5.41) is 10.7. The number of hydrogen-bond acceptors (Lipinski definition) is 4. The Labute approximate surface area is 145 Å². The lowest BCUT2D eigenvalue weighted by atomic mass is 10.1. The van der Waals surface area contributed by atoms with Gasteiger partial charge in [0.1, 0.15) is 0 Å². The molecule has 0 saturated carbocycles. The third-order valence-corrected chi connectivity index (χ3v) is 5.04. The van der Waals surface area contributed by atoms with Gasteiger partial charge in [0, 0.05) is 5.69 Å². The van der Waals surface area contributed by atoms with Crippen LogP contribution in [-0.4, -0.2) is 14.4 Å². The highest BCUT2D eigenvalue weighted by molar-refractivity contribution is 7.92. The van der Waals surface area contributed by atoms with E-state index in [1.165, 1.54) is 24.3 Å². The zero-order valence-corrected chi connectivity index (χ0v) is 13.9. The normalized spacial score (nSPS) is 11.0. The Morgan fingerprint density at radius 3 is 1.88 bits per heavy atom. The number of benzene rings is 3. The molecule has 25 heavy (non-hydrogen) atoms. The van der Waals surface area contributed by atoms with Crippen molar-refractivity contribution in [3.63, 3.8) is 0 Å². The zero-order chi connectivity index (χ0) is 17.9. The van der Waals surface area contributed by atoms with Crippen molar-refractivity contribution in [1.82, 2.24) is 0 Å². The molecule has 0 aliphatic heterocycles. The number of anilines is 1. The Bertz CT molecular complexity index is 980. The van der Waals surface area contributed by atoms with Crippen LogP contribution in [-0.2, 0) is 10.0 Å². The Kier molecular flexibility index (Phi) is 4.54. The molecule has 0 aromatic heterocycles. The highest BCUT2D eigenvalue weighted by atomic mass is 32.2. The third-order valence-electron chi connectivity index (χ3n) is 3.64. The minimum absolute atomic E-state index is 0.0235. The summed E-state index contributed by atoms with van der Waals surface area (Å²) in [7, 11) is -3.80. The zero-order valence-electron chi connectivity index (χ0n) is 13.0. The van der Waals surface area contributed by atoms with Gasteiger partial charge in [0.15, 0.2) is 0 Å². The number of carboxylic acid groups (broad SMARTS) is 1. The van der Waals surface area contributed by atoms with Crippen LogP contribution in [0.3, 0.4) is 0 Å². The predicted molar refractivity (Wildman–Crippen MR) is 93.5 cm³/mol. The summed E-state index contributed by atoms with van der Waals surface area (Å²) < 4.78 is 27.2. The topological polar surface area (TPSA) is 86.3 Å². The van der Waals surface area contributed by atoms with Crippen LogP contribution in [0.15, 0.2) is 83.8 Å². The molecule has 0 aliphatic rings. The van der Waals surface area contributed by atoms with Crippen molar-refractivity contribution in [3.05, 3.63) is 84.4 Å². The van der Waals surface area contributed by atoms with E-state index >= 15 is 0 Å². The van der Waals surface area contributed by atoms with E-state index < -0.39 is 16.0 Å². The van der Waals surface area contributed by atoms with Gasteiger partial charge in [-0.3, -0.25) is 4.72 Å². The molecular formula is C19H14NO4S-. The van der Waals surface area contributed by atoms with E-state index in [0.717, 1.165) is 11.1 Å². The Morgan fingerprint density at radius 2 is 1.32 bits per heavy atom. The van der Waals surface area contributed by atoms with Crippen molar-refractivity contribution >= 4 is 21.7 Å². The molecule has 0 unspecified atom stereocenters. The smallest absolute Gasteiger partial charge is 0.261 e. The second-order valence-electron chi connectivity index (χ2n) is 5.36. The van der Waals surface area contributed by atoms with E-state index in [1.54, 1.807) is 12.1 Å². The van der Waals surface area contributed by atoms with E-state index in [0.29, 0.717) is 5.69 Å². The number of nitrogens with one attached hydrogen (secondary N) is 1. The molecular weight excluding hydrogens is 338 g/mol. The molecule has 0 saturated heterocycles. The second-order valence-corrected chi connectivity index (χ2v) is 7.04. The third kappa shape index (κ3) is 3.87. The van der Waals surface area contributed by atoms with E-state index in [2.05, 4.69) is 4.72 Å². The summed E-state index contributed by atoms with van der Waals surface area (Å²) in [5.74, 6) is -1.35. The molecule has 0 amide bonds. The average molecular weight is 352 g/mol. The van der Waals surface area contributed by atoms with Crippen molar-refractivity contribution in [2.24, 2.45) is 0 Å². The average Bonchev–Trinajstić information content (AvgIpc) is 2.63. The molecule has 0 radical (unpaired) electrons. The van der Waals surface area contributed by atoms with Crippen LogP contribution in [0.1, 0.15) is 10.4 Å². The van der Waals surface area contributed by atoms with Crippen molar-refractivity contribution in [1.29, 1.82) is 0 Å². The van der Waals surface area contributed by atoms with Gasteiger partial charge >= 0.3 is 0 Å². The molecule has 5 nitrogen and oxygen atoms in total. The van der Waals surface area contributed by atoms with Gasteiger partial charge in [-0.15, -0.1) is 0 Å². The lowest BCUT2D eigenvalue weighted by molar-refractivity contribution is -0.255. The molecule has 0 spiro atoms. The number of carbonyl (C=O) groups excluding carboxylic acids is 1. The summed E-state index contributed by atoms with van der Waals surface area (Å²) in [6.07, 6.45) is 0. The van der Waals surface area contributed by atoms with Crippen LogP contribution in [0.2, 0.25) is 0 Å². The number of aromatic carboxylic acids is 1. The molecule has 3 aromatic rings. The molecule has 0 atom stereocenters. The minimum Gasteiger partial charge on any atom is -0.545 e. The van der Waals surface area contributed by atoms with Crippen LogP contribution < -0.4 is 9.83 Å². The van der Waals surface area contributed by atoms with Crippen molar-refractivity contribution < 1.29 is 18.3 Å². The van der Waals surface area contributed by atoms with Gasteiger partial charge in [-0.05, 0) is 41.0 Å². The second kappa shape index (κ2) is 6.78.